The van der Waals surface area contributed by atoms with Gasteiger partial charge >= 0.3 is 6.18 Å². The molecule has 3 rings (SSSR count). The number of amides is 1. The number of anilines is 1. The van der Waals surface area contributed by atoms with Gasteiger partial charge in [-0.1, -0.05) is 18.2 Å². The lowest BCUT2D eigenvalue weighted by atomic mass is 10.1. The highest BCUT2D eigenvalue weighted by molar-refractivity contribution is 5.95. The number of nitrogens with one attached hydrogen (secondary N) is 1. The van der Waals surface area contributed by atoms with Gasteiger partial charge in [0.2, 0.25) is 0 Å². The molecule has 1 fully saturated rings. The van der Waals surface area contributed by atoms with E-state index in [4.69, 9.17) is 0 Å². The lowest BCUT2D eigenvalue weighted by Gasteiger charge is -2.17. The second-order valence-electron chi connectivity index (χ2n) is 6.06. The molecule has 0 saturated carbocycles. The van der Waals surface area contributed by atoms with Gasteiger partial charge in [0.15, 0.2) is 0 Å². The molecule has 0 spiro atoms. The minimum Gasteiger partial charge on any atom is -0.372 e. The summed E-state index contributed by atoms with van der Waals surface area (Å²) >= 11 is 0. The molecule has 1 aliphatic rings. The monoisotopic (exact) mass is 361 g/mol. The lowest BCUT2D eigenvalue weighted by Crippen LogP contribution is -2.18. The van der Waals surface area contributed by atoms with Crippen molar-refractivity contribution in [2.24, 2.45) is 5.10 Å². The summed E-state index contributed by atoms with van der Waals surface area (Å²) in [5.41, 5.74) is 3.22. The molecule has 136 valence electrons. The fourth-order valence-corrected chi connectivity index (χ4v) is 2.81. The molecule has 1 N–H and O–H groups in total. The van der Waals surface area contributed by atoms with Gasteiger partial charge < -0.3 is 4.90 Å². The van der Waals surface area contributed by atoms with Gasteiger partial charge in [0.25, 0.3) is 5.91 Å². The highest BCUT2D eigenvalue weighted by Crippen LogP contribution is 2.29. The number of hydrazone groups is 1. The summed E-state index contributed by atoms with van der Waals surface area (Å²) in [4.78, 5) is 14.2. The molecule has 1 aliphatic heterocycles. The Morgan fingerprint density at radius 3 is 2.42 bits per heavy atom. The number of halogens is 3. The summed E-state index contributed by atoms with van der Waals surface area (Å²) in [6, 6.07) is 12.0. The van der Waals surface area contributed by atoms with Crippen molar-refractivity contribution in [3.05, 3.63) is 65.2 Å². The molecular formula is C19H18F3N3O. The van der Waals surface area contributed by atoms with E-state index in [0.717, 1.165) is 36.5 Å². The van der Waals surface area contributed by atoms with Crippen LogP contribution in [0.25, 0.3) is 0 Å². The first-order valence-electron chi connectivity index (χ1n) is 8.29. The SMILES string of the molecule is O=C(NN=Cc1ccc(N2CCCC2)cc1)c1cccc(C(F)(F)F)c1. The van der Waals surface area contributed by atoms with Crippen LogP contribution in [0.15, 0.2) is 53.6 Å². The molecule has 0 bridgehead atoms. The number of rotatable bonds is 4. The zero-order chi connectivity index (χ0) is 18.6. The van der Waals surface area contributed by atoms with Crippen LogP contribution in [0.1, 0.15) is 34.3 Å². The molecule has 4 nitrogen and oxygen atoms in total. The average molecular weight is 361 g/mol. The van der Waals surface area contributed by atoms with Crippen LogP contribution in [0, 0.1) is 0 Å². The zero-order valence-electron chi connectivity index (χ0n) is 14.0. The number of benzene rings is 2. The Hall–Kier alpha value is -2.83. The minimum absolute atomic E-state index is 0.0960. The van der Waals surface area contributed by atoms with E-state index in [-0.39, 0.29) is 5.56 Å². The van der Waals surface area contributed by atoms with Crippen LogP contribution < -0.4 is 10.3 Å². The molecular weight excluding hydrogens is 343 g/mol. The highest BCUT2D eigenvalue weighted by atomic mass is 19.4. The van der Waals surface area contributed by atoms with Crippen LogP contribution >= 0.6 is 0 Å². The predicted molar refractivity (Wildman–Crippen MR) is 94.4 cm³/mol. The summed E-state index contributed by atoms with van der Waals surface area (Å²) in [7, 11) is 0. The summed E-state index contributed by atoms with van der Waals surface area (Å²) < 4.78 is 38.1. The van der Waals surface area contributed by atoms with E-state index < -0.39 is 17.6 Å². The average Bonchev–Trinajstić information content (AvgIpc) is 3.16. The van der Waals surface area contributed by atoms with Crippen molar-refractivity contribution in [1.82, 2.24) is 5.43 Å². The van der Waals surface area contributed by atoms with E-state index in [1.54, 1.807) is 0 Å². The fraction of sp³-hybridized carbons (Fsp3) is 0.263. The Bertz CT molecular complexity index is 794. The molecule has 0 aromatic heterocycles. The van der Waals surface area contributed by atoms with E-state index in [9.17, 15) is 18.0 Å². The van der Waals surface area contributed by atoms with Gasteiger partial charge in [-0.15, -0.1) is 0 Å². The second-order valence-corrected chi connectivity index (χ2v) is 6.06. The van der Waals surface area contributed by atoms with Gasteiger partial charge in [-0.25, -0.2) is 5.43 Å². The summed E-state index contributed by atoms with van der Waals surface area (Å²) in [6.07, 6.45) is -0.633. The Balaban J connectivity index is 1.60. The van der Waals surface area contributed by atoms with Crippen molar-refractivity contribution in [3.63, 3.8) is 0 Å². The van der Waals surface area contributed by atoms with Crippen LogP contribution in [0.3, 0.4) is 0 Å². The van der Waals surface area contributed by atoms with Crippen LogP contribution in [0.2, 0.25) is 0 Å². The molecule has 26 heavy (non-hydrogen) atoms. The molecule has 1 amide bonds. The Morgan fingerprint density at radius 2 is 1.77 bits per heavy atom. The van der Waals surface area contributed by atoms with E-state index in [0.29, 0.717) is 0 Å². The molecule has 1 saturated heterocycles. The highest BCUT2D eigenvalue weighted by Gasteiger charge is 2.30. The van der Waals surface area contributed by atoms with Crippen molar-refractivity contribution in [1.29, 1.82) is 0 Å². The topological polar surface area (TPSA) is 44.7 Å². The maximum Gasteiger partial charge on any atom is 0.416 e. The van der Waals surface area contributed by atoms with Gasteiger partial charge in [-0.2, -0.15) is 18.3 Å². The predicted octanol–water partition coefficient (Wildman–Crippen LogP) is 4.07. The van der Waals surface area contributed by atoms with E-state index in [1.165, 1.54) is 31.2 Å². The molecule has 2 aromatic rings. The largest absolute Gasteiger partial charge is 0.416 e. The standard InChI is InChI=1S/C19H18F3N3O/c20-19(21,22)16-5-3-4-15(12-16)18(26)24-23-13-14-6-8-17(9-7-14)25-10-1-2-11-25/h3-9,12-13H,1-2,10-11H2,(H,24,26). The second kappa shape index (κ2) is 7.59. The van der Waals surface area contributed by atoms with Gasteiger partial charge in [-0.05, 0) is 48.7 Å². The number of nitrogens with zero attached hydrogens (tertiary/aromatic N) is 2. The minimum atomic E-state index is -4.49. The summed E-state index contributed by atoms with van der Waals surface area (Å²) in [5.74, 6) is -0.693. The molecule has 2 aromatic carbocycles. The van der Waals surface area contributed by atoms with Crippen molar-refractivity contribution in [3.8, 4) is 0 Å². The maximum atomic E-state index is 12.7. The van der Waals surface area contributed by atoms with Crippen molar-refractivity contribution in [2.45, 2.75) is 19.0 Å². The van der Waals surface area contributed by atoms with Gasteiger partial charge in [-0.3, -0.25) is 4.79 Å². The van der Waals surface area contributed by atoms with Crippen LogP contribution in [-0.2, 0) is 6.18 Å². The van der Waals surface area contributed by atoms with Crippen LogP contribution in [-0.4, -0.2) is 25.2 Å². The van der Waals surface area contributed by atoms with E-state index >= 15 is 0 Å². The zero-order valence-corrected chi connectivity index (χ0v) is 14.0. The molecule has 0 aliphatic carbocycles. The van der Waals surface area contributed by atoms with Crippen LogP contribution in [0.4, 0.5) is 18.9 Å². The van der Waals surface area contributed by atoms with Gasteiger partial charge in [0.1, 0.15) is 0 Å². The van der Waals surface area contributed by atoms with E-state index in [2.05, 4.69) is 15.4 Å². The Kier molecular flexibility index (Phi) is 5.25. The lowest BCUT2D eigenvalue weighted by molar-refractivity contribution is -0.137. The number of hydrogen-bond acceptors (Lipinski definition) is 3. The molecule has 0 unspecified atom stereocenters. The fourth-order valence-electron chi connectivity index (χ4n) is 2.81. The van der Waals surface area contributed by atoms with Gasteiger partial charge in [0, 0.05) is 24.3 Å². The molecule has 0 radical (unpaired) electrons. The van der Waals surface area contributed by atoms with Crippen molar-refractivity contribution in [2.75, 3.05) is 18.0 Å². The number of hydrogen-bond donors (Lipinski definition) is 1. The smallest absolute Gasteiger partial charge is 0.372 e. The quantitative estimate of drug-likeness (QED) is 0.659. The first-order valence-corrected chi connectivity index (χ1v) is 8.29. The first-order chi connectivity index (χ1) is 12.4. The Labute approximate surface area is 149 Å². The Morgan fingerprint density at radius 1 is 1.08 bits per heavy atom. The first kappa shape index (κ1) is 18.0. The summed E-state index contributed by atoms with van der Waals surface area (Å²) in [6.45, 7) is 2.11. The molecule has 0 atom stereocenters. The van der Waals surface area contributed by atoms with Crippen molar-refractivity contribution < 1.29 is 18.0 Å². The van der Waals surface area contributed by atoms with Crippen LogP contribution in [0.5, 0.6) is 0 Å². The molecule has 1 heterocycles. The number of alkyl halides is 3. The summed E-state index contributed by atoms with van der Waals surface area (Å²) in [5, 5.41) is 3.82. The van der Waals surface area contributed by atoms with E-state index in [1.807, 2.05) is 24.3 Å². The third kappa shape index (κ3) is 4.41. The van der Waals surface area contributed by atoms with Crippen molar-refractivity contribution >= 4 is 17.8 Å². The maximum absolute atomic E-state index is 12.7. The molecule has 7 heteroatoms. The third-order valence-corrected chi connectivity index (χ3v) is 4.20. The van der Waals surface area contributed by atoms with Gasteiger partial charge in [0.05, 0.1) is 11.8 Å². The number of carbonyl (C=O) groups is 1. The third-order valence-electron chi connectivity index (χ3n) is 4.20. The normalized spacial score (nSPS) is 14.8. The number of carbonyl (C=O) groups excluding carboxylic acids is 1.